The molecule has 1 aliphatic heterocycles. The highest BCUT2D eigenvalue weighted by molar-refractivity contribution is 6.00. The van der Waals surface area contributed by atoms with Crippen LogP contribution in [0, 0.1) is 17.6 Å². The van der Waals surface area contributed by atoms with Crippen molar-refractivity contribution in [3.63, 3.8) is 0 Å². The number of nitrogens with zero attached hydrogens (tertiary/aromatic N) is 2. The van der Waals surface area contributed by atoms with Crippen LogP contribution < -0.4 is 9.64 Å². The third-order valence-electron chi connectivity index (χ3n) is 5.34. The van der Waals surface area contributed by atoms with Gasteiger partial charge in [-0.05, 0) is 43.7 Å². The Kier molecular flexibility index (Phi) is 6.15. The largest absolute Gasteiger partial charge is 0.497 e. The average molecular weight is 402 g/mol. The van der Waals surface area contributed by atoms with Crippen molar-refractivity contribution in [3.8, 4) is 5.75 Å². The van der Waals surface area contributed by atoms with E-state index in [1.54, 1.807) is 12.0 Å². The molecule has 0 saturated carbocycles. The fraction of sp³-hybridized carbons (Fsp3) is 0.364. The summed E-state index contributed by atoms with van der Waals surface area (Å²) in [5.74, 6) is -1.93. The first-order chi connectivity index (χ1) is 13.8. The topological polar surface area (TPSA) is 49.9 Å². The van der Waals surface area contributed by atoms with E-state index >= 15 is 0 Å². The molecule has 0 radical (unpaired) electrons. The summed E-state index contributed by atoms with van der Waals surface area (Å²) >= 11 is 0. The van der Waals surface area contributed by atoms with Gasteiger partial charge in [-0.1, -0.05) is 12.1 Å². The summed E-state index contributed by atoms with van der Waals surface area (Å²) < 4.78 is 32.5. The maximum absolute atomic E-state index is 14.1. The van der Waals surface area contributed by atoms with Gasteiger partial charge in [0, 0.05) is 25.6 Å². The summed E-state index contributed by atoms with van der Waals surface area (Å²) in [4.78, 5) is 28.5. The second-order valence-corrected chi connectivity index (χ2v) is 7.08. The Hall–Kier alpha value is -2.96. The lowest BCUT2D eigenvalue weighted by atomic mass is 10.0. The van der Waals surface area contributed by atoms with Crippen molar-refractivity contribution in [3.05, 3.63) is 59.7 Å². The third kappa shape index (κ3) is 4.23. The average Bonchev–Trinajstić information content (AvgIpc) is 3.09. The van der Waals surface area contributed by atoms with Gasteiger partial charge in [-0.3, -0.25) is 9.59 Å². The van der Waals surface area contributed by atoms with Gasteiger partial charge in [0.1, 0.15) is 17.4 Å². The van der Waals surface area contributed by atoms with Gasteiger partial charge in [-0.25, -0.2) is 8.78 Å². The molecule has 1 saturated heterocycles. The quantitative estimate of drug-likeness (QED) is 0.736. The lowest BCUT2D eigenvalue weighted by Crippen LogP contribution is -2.39. The smallest absolute Gasteiger partial charge is 0.228 e. The van der Waals surface area contributed by atoms with Crippen LogP contribution in [0.1, 0.15) is 31.9 Å². The van der Waals surface area contributed by atoms with Crippen molar-refractivity contribution in [1.82, 2.24) is 4.90 Å². The number of hydrogen-bond donors (Lipinski definition) is 0. The van der Waals surface area contributed by atoms with Gasteiger partial charge in [0.2, 0.25) is 11.8 Å². The van der Waals surface area contributed by atoms with Crippen molar-refractivity contribution < 1.29 is 23.1 Å². The van der Waals surface area contributed by atoms with Gasteiger partial charge < -0.3 is 14.5 Å². The van der Waals surface area contributed by atoms with E-state index in [1.807, 2.05) is 38.1 Å². The maximum atomic E-state index is 14.1. The molecule has 0 N–H and O–H groups in total. The molecule has 0 aromatic heterocycles. The number of methoxy groups -OCH3 is 1. The molecule has 0 spiro atoms. The van der Waals surface area contributed by atoms with Crippen LogP contribution in [0.4, 0.5) is 14.5 Å². The molecule has 2 unspecified atom stereocenters. The molecule has 1 aliphatic rings. The number of amides is 2. The molecular formula is C22H24F2N2O3. The van der Waals surface area contributed by atoms with Crippen molar-refractivity contribution >= 4 is 17.5 Å². The molecule has 2 amide bonds. The highest BCUT2D eigenvalue weighted by Gasteiger charge is 2.39. The normalized spacial score (nSPS) is 17.3. The van der Waals surface area contributed by atoms with E-state index in [9.17, 15) is 18.4 Å². The second kappa shape index (κ2) is 8.59. The number of anilines is 1. The first-order valence-corrected chi connectivity index (χ1v) is 9.55. The molecule has 0 bridgehead atoms. The van der Waals surface area contributed by atoms with Crippen LogP contribution in [-0.4, -0.2) is 36.9 Å². The number of ether oxygens (including phenoxy) is 1. The van der Waals surface area contributed by atoms with Crippen molar-refractivity contribution in [2.45, 2.75) is 26.3 Å². The van der Waals surface area contributed by atoms with Crippen LogP contribution >= 0.6 is 0 Å². The Morgan fingerprint density at radius 2 is 2.03 bits per heavy atom. The number of hydrogen-bond acceptors (Lipinski definition) is 3. The SMILES string of the molecule is CCN(C(=O)C1CC(=O)N(c2ccc(F)cc2F)C1)C(C)c1cccc(OC)c1. The zero-order valence-electron chi connectivity index (χ0n) is 16.7. The van der Waals surface area contributed by atoms with Gasteiger partial charge in [-0.2, -0.15) is 0 Å². The Balaban J connectivity index is 1.78. The fourth-order valence-corrected chi connectivity index (χ4v) is 3.74. The number of halogens is 2. The van der Waals surface area contributed by atoms with Crippen molar-refractivity contribution in [2.24, 2.45) is 5.92 Å². The lowest BCUT2D eigenvalue weighted by molar-refractivity contribution is -0.137. The van der Waals surface area contributed by atoms with E-state index in [2.05, 4.69) is 0 Å². The second-order valence-electron chi connectivity index (χ2n) is 7.08. The Bertz CT molecular complexity index is 919. The molecule has 2 aromatic carbocycles. The van der Waals surface area contributed by atoms with Crippen molar-refractivity contribution in [2.75, 3.05) is 25.1 Å². The number of carbonyl (C=O) groups is 2. The minimum atomic E-state index is -0.816. The van der Waals surface area contributed by atoms with Gasteiger partial charge >= 0.3 is 0 Å². The molecule has 2 aromatic rings. The summed E-state index contributed by atoms with van der Waals surface area (Å²) in [7, 11) is 1.58. The van der Waals surface area contributed by atoms with Gasteiger partial charge in [-0.15, -0.1) is 0 Å². The van der Waals surface area contributed by atoms with E-state index in [-0.39, 0.29) is 36.5 Å². The van der Waals surface area contributed by atoms with Crippen LogP contribution in [0.2, 0.25) is 0 Å². The Morgan fingerprint density at radius 3 is 2.69 bits per heavy atom. The fourth-order valence-electron chi connectivity index (χ4n) is 3.74. The molecule has 1 heterocycles. The lowest BCUT2D eigenvalue weighted by Gasteiger charge is -2.31. The van der Waals surface area contributed by atoms with Crippen LogP contribution in [0.15, 0.2) is 42.5 Å². The van der Waals surface area contributed by atoms with Gasteiger partial charge in [0.05, 0.1) is 24.8 Å². The van der Waals surface area contributed by atoms with E-state index in [0.717, 1.165) is 17.7 Å². The molecule has 3 rings (SSSR count). The van der Waals surface area contributed by atoms with Gasteiger partial charge in [0.25, 0.3) is 0 Å². The summed E-state index contributed by atoms with van der Waals surface area (Å²) in [5, 5.41) is 0. The highest BCUT2D eigenvalue weighted by Crippen LogP contribution is 2.31. The predicted molar refractivity (Wildman–Crippen MR) is 106 cm³/mol. The van der Waals surface area contributed by atoms with E-state index in [4.69, 9.17) is 4.74 Å². The predicted octanol–water partition coefficient (Wildman–Crippen LogP) is 3.94. The van der Waals surface area contributed by atoms with E-state index in [0.29, 0.717) is 12.3 Å². The molecule has 29 heavy (non-hydrogen) atoms. The first-order valence-electron chi connectivity index (χ1n) is 9.55. The summed E-state index contributed by atoms with van der Waals surface area (Å²) in [5.41, 5.74) is 0.918. The molecule has 154 valence electrons. The molecule has 1 fully saturated rings. The van der Waals surface area contributed by atoms with Crippen LogP contribution in [-0.2, 0) is 9.59 Å². The van der Waals surface area contributed by atoms with Crippen LogP contribution in [0.25, 0.3) is 0 Å². The number of benzene rings is 2. The Morgan fingerprint density at radius 1 is 1.28 bits per heavy atom. The standard InChI is InChI=1S/C22H24F2N2O3/c1-4-25(14(2)15-6-5-7-18(10-15)29-3)22(28)16-11-21(27)26(13-16)20-9-8-17(23)12-19(20)24/h5-10,12,14,16H,4,11,13H2,1-3H3. The molecule has 0 aliphatic carbocycles. The molecular weight excluding hydrogens is 378 g/mol. The summed E-state index contributed by atoms with van der Waals surface area (Å²) in [6.07, 6.45) is -0.00300. The minimum Gasteiger partial charge on any atom is -0.497 e. The molecule has 2 atom stereocenters. The minimum absolute atomic E-state index is 0.00300. The number of rotatable bonds is 6. The molecule has 5 nitrogen and oxygen atoms in total. The monoisotopic (exact) mass is 402 g/mol. The van der Waals surface area contributed by atoms with Gasteiger partial charge in [0.15, 0.2) is 0 Å². The molecule has 7 heteroatoms. The zero-order valence-corrected chi connectivity index (χ0v) is 16.7. The summed E-state index contributed by atoms with van der Waals surface area (Å²) in [6, 6.07) is 10.3. The Labute approximate surface area is 168 Å². The maximum Gasteiger partial charge on any atom is 0.228 e. The van der Waals surface area contributed by atoms with Crippen LogP contribution in [0.3, 0.4) is 0 Å². The highest BCUT2D eigenvalue weighted by atomic mass is 19.1. The zero-order chi connectivity index (χ0) is 21.1. The van der Waals surface area contributed by atoms with E-state index < -0.39 is 17.6 Å². The van der Waals surface area contributed by atoms with Crippen LogP contribution in [0.5, 0.6) is 5.75 Å². The van der Waals surface area contributed by atoms with E-state index in [1.165, 1.54) is 11.0 Å². The number of carbonyl (C=O) groups excluding carboxylic acids is 2. The summed E-state index contributed by atoms with van der Waals surface area (Å²) in [6.45, 7) is 4.33. The van der Waals surface area contributed by atoms with Crippen molar-refractivity contribution in [1.29, 1.82) is 0 Å². The first kappa shape index (κ1) is 20.8. The third-order valence-corrected chi connectivity index (χ3v) is 5.34.